The molecule has 1 fully saturated rings. The summed E-state index contributed by atoms with van der Waals surface area (Å²) in [7, 11) is 0. The molecule has 1 heterocycles. The lowest BCUT2D eigenvalue weighted by Crippen LogP contribution is -2.36. The Labute approximate surface area is 106 Å². The molecule has 0 amide bonds. The Hall–Kier alpha value is -1.72. The Morgan fingerprint density at radius 1 is 1.28 bits per heavy atom. The number of nitro benzene ring substituents is 1. The van der Waals surface area contributed by atoms with Crippen molar-refractivity contribution in [1.82, 2.24) is 4.90 Å². The summed E-state index contributed by atoms with van der Waals surface area (Å²) in [5, 5.41) is 10.5. The number of nitrogens with zero attached hydrogens (tertiary/aromatic N) is 2. The molecular formula is C13H16N2O3. The first kappa shape index (κ1) is 12.7. The quantitative estimate of drug-likeness (QED) is 0.603. The fourth-order valence-corrected chi connectivity index (χ4v) is 1.83. The normalized spacial score (nSPS) is 17.1. The smallest absolute Gasteiger partial charge is 0.269 e. The van der Waals surface area contributed by atoms with Gasteiger partial charge in [-0.25, -0.2) is 0 Å². The van der Waals surface area contributed by atoms with Crippen LogP contribution in [0.25, 0.3) is 6.08 Å². The highest BCUT2D eigenvalue weighted by Crippen LogP contribution is 2.12. The summed E-state index contributed by atoms with van der Waals surface area (Å²) in [5.74, 6) is 0. The molecule has 2 rings (SSSR count). The van der Waals surface area contributed by atoms with Crippen LogP contribution >= 0.6 is 0 Å². The van der Waals surface area contributed by atoms with E-state index in [9.17, 15) is 10.1 Å². The molecule has 96 valence electrons. The Morgan fingerprint density at radius 3 is 2.56 bits per heavy atom. The number of non-ortho nitro benzene ring substituents is 1. The summed E-state index contributed by atoms with van der Waals surface area (Å²) >= 11 is 0. The van der Waals surface area contributed by atoms with Gasteiger partial charge in [0.1, 0.15) is 0 Å². The first-order chi connectivity index (χ1) is 8.75. The van der Waals surface area contributed by atoms with Crippen molar-refractivity contribution in [3.05, 3.63) is 46.0 Å². The van der Waals surface area contributed by atoms with E-state index in [0.717, 1.165) is 38.4 Å². The van der Waals surface area contributed by atoms with E-state index in [0.29, 0.717) is 0 Å². The molecule has 1 aliphatic rings. The van der Waals surface area contributed by atoms with Gasteiger partial charge in [0.2, 0.25) is 0 Å². The summed E-state index contributed by atoms with van der Waals surface area (Å²) < 4.78 is 5.27. The second-order valence-corrected chi connectivity index (χ2v) is 4.16. The number of hydrogen-bond acceptors (Lipinski definition) is 4. The molecule has 0 aliphatic carbocycles. The number of ether oxygens (including phenoxy) is 1. The number of hydrogen-bond donors (Lipinski definition) is 0. The van der Waals surface area contributed by atoms with Crippen LogP contribution in [-0.4, -0.2) is 42.7 Å². The number of rotatable bonds is 4. The summed E-state index contributed by atoms with van der Waals surface area (Å²) in [4.78, 5) is 12.4. The minimum absolute atomic E-state index is 0.125. The molecule has 0 unspecified atom stereocenters. The minimum Gasteiger partial charge on any atom is -0.379 e. The van der Waals surface area contributed by atoms with Crippen LogP contribution in [0, 0.1) is 10.1 Å². The second-order valence-electron chi connectivity index (χ2n) is 4.16. The average Bonchev–Trinajstić information content (AvgIpc) is 2.40. The Morgan fingerprint density at radius 2 is 1.94 bits per heavy atom. The van der Waals surface area contributed by atoms with Gasteiger partial charge < -0.3 is 4.74 Å². The van der Waals surface area contributed by atoms with Gasteiger partial charge in [-0.3, -0.25) is 15.0 Å². The van der Waals surface area contributed by atoms with Crippen molar-refractivity contribution < 1.29 is 9.66 Å². The van der Waals surface area contributed by atoms with Crippen molar-refractivity contribution in [1.29, 1.82) is 0 Å². The van der Waals surface area contributed by atoms with E-state index in [1.807, 2.05) is 6.08 Å². The molecule has 1 aromatic carbocycles. The fraction of sp³-hybridized carbons (Fsp3) is 0.385. The predicted molar refractivity (Wildman–Crippen MR) is 69.4 cm³/mol. The first-order valence-corrected chi connectivity index (χ1v) is 5.97. The van der Waals surface area contributed by atoms with Crippen molar-refractivity contribution in [2.75, 3.05) is 32.8 Å². The molecular weight excluding hydrogens is 232 g/mol. The second kappa shape index (κ2) is 6.28. The highest BCUT2D eigenvalue weighted by atomic mass is 16.6. The van der Waals surface area contributed by atoms with Crippen LogP contribution in [0.2, 0.25) is 0 Å². The zero-order chi connectivity index (χ0) is 12.8. The predicted octanol–water partition coefficient (Wildman–Crippen LogP) is 1.94. The standard InChI is InChI=1S/C13H16N2O3/c16-15(17)13-5-3-12(4-6-13)2-1-7-14-8-10-18-11-9-14/h1-6H,7-11H2/b2-1+. The summed E-state index contributed by atoms with van der Waals surface area (Å²) in [5.41, 5.74) is 1.11. The van der Waals surface area contributed by atoms with Gasteiger partial charge in [-0.2, -0.15) is 0 Å². The Balaban J connectivity index is 1.86. The van der Waals surface area contributed by atoms with Crippen LogP contribution in [0.5, 0.6) is 0 Å². The number of morpholine rings is 1. The molecule has 5 heteroatoms. The lowest BCUT2D eigenvalue weighted by molar-refractivity contribution is -0.384. The van der Waals surface area contributed by atoms with Gasteiger partial charge in [0.05, 0.1) is 18.1 Å². The molecule has 0 saturated carbocycles. The zero-order valence-corrected chi connectivity index (χ0v) is 10.1. The summed E-state index contributed by atoms with van der Waals surface area (Å²) in [6.45, 7) is 4.41. The van der Waals surface area contributed by atoms with Gasteiger partial charge in [-0.1, -0.05) is 12.2 Å². The molecule has 5 nitrogen and oxygen atoms in total. The van der Waals surface area contributed by atoms with Gasteiger partial charge >= 0.3 is 0 Å². The first-order valence-electron chi connectivity index (χ1n) is 5.97. The van der Waals surface area contributed by atoms with Crippen LogP contribution < -0.4 is 0 Å². The van der Waals surface area contributed by atoms with Gasteiger partial charge in [-0.05, 0) is 17.7 Å². The summed E-state index contributed by atoms with van der Waals surface area (Å²) in [6.07, 6.45) is 4.06. The van der Waals surface area contributed by atoms with Crippen molar-refractivity contribution in [2.24, 2.45) is 0 Å². The third-order valence-electron chi connectivity index (χ3n) is 2.88. The van der Waals surface area contributed by atoms with Crippen LogP contribution in [0.3, 0.4) is 0 Å². The van der Waals surface area contributed by atoms with Crippen LogP contribution in [0.15, 0.2) is 30.3 Å². The molecule has 0 aromatic heterocycles. The van der Waals surface area contributed by atoms with E-state index in [-0.39, 0.29) is 10.6 Å². The monoisotopic (exact) mass is 248 g/mol. The van der Waals surface area contributed by atoms with E-state index in [1.54, 1.807) is 12.1 Å². The maximum Gasteiger partial charge on any atom is 0.269 e. The van der Waals surface area contributed by atoms with Crippen molar-refractivity contribution in [3.63, 3.8) is 0 Å². The third kappa shape index (κ3) is 3.65. The minimum atomic E-state index is -0.388. The van der Waals surface area contributed by atoms with Crippen molar-refractivity contribution in [2.45, 2.75) is 0 Å². The largest absolute Gasteiger partial charge is 0.379 e. The van der Waals surface area contributed by atoms with Gasteiger partial charge in [-0.15, -0.1) is 0 Å². The molecule has 0 atom stereocenters. The van der Waals surface area contributed by atoms with Crippen molar-refractivity contribution in [3.8, 4) is 0 Å². The summed E-state index contributed by atoms with van der Waals surface area (Å²) in [6, 6.07) is 6.56. The van der Waals surface area contributed by atoms with E-state index in [2.05, 4.69) is 11.0 Å². The molecule has 1 aromatic rings. The third-order valence-corrected chi connectivity index (χ3v) is 2.88. The van der Waals surface area contributed by atoms with Gasteiger partial charge in [0, 0.05) is 31.8 Å². The zero-order valence-electron chi connectivity index (χ0n) is 10.1. The topological polar surface area (TPSA) is 55.6 Å². The molecule has 1 aliphatic heterocycles. The molecule has 0 radical (unpaired) electrons. The highest BCUT2D eigenvalue weighted by Gasteiger charge is 2.07. The van der Waals surface area contributed by atoms with E-state index in [4.69, 9.17) is 4.74 Å². The molecule has 1 saturated heterocycles. The highest BCUT2D eigenvalue weighted by molar-refractivity contribution is 5.51. The van der Waals surface area contributed by atoms with Gasteiger partial charge in [0.25, 0.3) is 5.69 Å². The SMILES string of the molecule is O=[N+]([O-])c1ccc(/C=C/CN2CCOCC2)cc1. The lowest BCUT2D eigenvalue weighted by atomic mass is 10.2. The lowest BCUT2D eigenvalue weighted by Gasteiger charge is -2.25. The van der Waals surface area contributed by atoms with Crippen LogP contribution in [0.1, 0.15) is 5.56 Å². The fourth-order valence-electron chi connectivity index (χ4n) is 1.83. The molecule has 0 spiro atoms. The van der Waals surface area contributed by atoms with Gasteiger partial charge in [0.15, 0.2) is 0 Å². The molecule has 0 bridgehead atoms. The number of nitro groups is 1. The maximum absolute atomic E-state index is 10.5. The van der Waals surface area contributed by atoms with Crippen LogP contribution in [0.4, 0.5) is 5.69 Å². The van der Waals surface area contributed by atoms with E-state index >= 15 is 0 Å². The Bertz CT molecular complexity index is 422. The Kier molecular flexibility index (Phi) is 4.44. The van der Waals surface area contributed by atoms with E-state index in [1.165, 1.54) is 12.1 Å². The average molecular weight is 248 g/mol. The van der Waals surface area contributed by atoms with E-state index < -0.39 is 0 Å². The number of benzene rings is 1. The van der Waals surface area contributed by atoms with Crippen molar-refractivity contribution >= 4 is 11.8 Å². The maximum atomic E-state index is 10.5. The van der Waals surface area contributed by atoms with Crippen LogP contribution in [-0.2, 0) is 4.74 Å². The molecule has 18 heavy (non-hydrogen) atoms. The molecule has 0 N–H and O–H groups in total.